The first-order chi connectivity index (χ1) is 58.6. The number of hydrogen-bond acceptors (Lipinski definition) is 12. The summed E-state index contributed by atoms with van der Waals surface area (Å²) in [7, 11) is 0. The average Bonchev–Trinajstić information content (AvgIpc) is 1.20. The van der Waals surface area contributed by atoms with Crippen LogP contribution in [0.5, 0.6) is 0 Å². The Bertz CT molecular complexity index is 1580. The zero-order valence-electron chi connectivity index (χ0n) is 83.9. The van der Waals surface area contributed by atoms with E-state index in [1.54, 1.807) is 0 Å². The molecule has 0 heterocycles. The Kier molecular flexibility index (Phi) is 157. The summed E-state index contributed by atoms with van der Waals surface area (Å²) < 4.78 is 0. The maximum absolute atomic E-state index is 10.2. The minimum absolute atomic E-state index is 0. The second-order valence-electron chi connectivity index (χ2n) is 36.4. The van der Waals surface area contributed by atoms with Gasteiger partial charge in [0.25, 0.3) is 0 Å². The predicted octanol–water partition coefficient (Wildman–Crippen LogP) is 29.6. The molecular weight excluding hydrogens is 1800 g/mol. The van der Waals surface area contributed by atoms with Crippen molar-refractivity contribution in [3.05, 3.63) is 0 Å². The van der Waals surface area contributed by atoms with Crippen LogP contribution in [0.4, 0.5) is 0 Å². The molecule has 0 aromatic rings. The largest absolute Gasteiger partial charge is 2.00 e. The molecule has 0 spiro atoms. The second-order valence-corrected chi connectivity index (χ2v) is 36.4. The van der Waals surface area contributed by atoms with Crippen LogP contribution in [0.2, 0.25) is 0 Å². The van der Waals surface area contributed by atoms with Gasteiger partial charge in [-0.1, -0.05) is 581 Å². The summed E-state index contributed by atoms with van der Waals surface area (Å²) in [5.41, 5.74) is 0. The van der Waals surface area contributed by atoms with E-state index in [9.17, 15) is 59.4 Å². The van der Waals surface area contributed by atoms with Gasteiger partial charge in [0, 0.05) is 35.8 Å². The first-order valence-corrected chi connectivity index (χ1v) is 53.8. The van der Waals surface area contributed by atoms with E-state index in [-0.39, 0.29) is 134 Å². The van der Waals surface area contributed by atoms with Gasteiger partial charge in [-0.2, -0.15) is 0 Å². The molecular formula is C108H210BaCdO12Zn. The number of rotatable bonds is 96. The zero-order chi connectivity index (χ0) is 89.3. The molecule has 0 saturated carbocycles. The smallest absolute Gasteiger partial charge is 0.550 e. The molecule has 0 atom stereocenters. The van der Waals surface area contributed by atoms with Gasteiger partial charge in [-0.05, 0) is 77.0 Å². The van der Waals surface area contributed by atoms with Crippen LogP contribution in [0.1, 0.15) is 658 Å². The molecule has 0 fully saturated rings. The van der Waals surface area contributed by atoms with E-state index < -0.39 is 35.8 Å². The SMILES string of the molecule is CCCCCCCCCCCCCCCCCC(=O)[O-].CCCCCCCCCCCCCCCCCC(=O)[O-].CCCCCCCCCCCCCCCCCC(=O)[O-].CCCCCCCCCCCCCCCCCC(=O)[O-].CCCCCCCCCCCCCCCCCC(=O)[O-].CCCCCCCCCCCCCCCCCC(=O)[O-].[Ba+2].[Cd+2].[Zn+2]. The molecule has 0 bridgehead atoms. The Balaban J connectivity index is -0.000000180. The molecule has 0 N–H and O–H groups in total. The average molecular weight is 2020 g/mol. The fourth-order valence-corrected chi connectivity index (χ4v) is 15.8. The summed E-state index contributed by atoms with van der Waals surface area (Å²) >= 11 is 0. The number of carbonyl (C=O) groups is 6. The van der Waals surface area contributed by atoms with Gasteiger partial charge in [0.05, 0.1) is 0 Å². The van der Waals surface area contributed by atoms with E-state index in [0.717, 1.165) is 77.0 Å². The molecule has 0 aromatic heterocycles. The first kappa shape index (κ1) is 141. The van der Waals surface area contributed by atoms with Gasteiger partial charge in [-0.15, -0.1) is 0 Å². The molecule has 0 aliphatic heterocycles. The van der Waals surface area contributed by atoms with Crippen LogP contribution < -0.4 is 30.6 Å². The van der Waals surface area contributed by atoms with E-state index in [2.05, 4.69) is 41.5 Å². The fourth-order valence-electron chi connectivity index (χ4n) is 15.8. The molecule has 15 heteroatoms. The van der Waals surface area contributed by atoms with Crippen LogP contribution in [-0.4, -0.2) is 84.7 Å². The Labute approximate surface area is 840 Å². The van der Waals surface area contributed by atoms with Crippen LogP contribution in [-0.2, 0) is 75.5 Å². The van der Waals surface area contributed by atoms with Gasteiger partial charge in [0.15, 0.2) is 0 Å². The van der Waals surface area contributed by atoms with E-state index in [4.69, 9.17) is 0 Å². The van der Waals surface area contributed by atoms with Gasteiger partial charge in [-0.25, -0.2) is 0 Å². The third-order valence-corrected chi connectivity index (χ3v) is 23.9. The number of hydrogen-bond donors (Lipinski definition) is 0. The van der Waals surface area contributed by atoms with Crippen molar-refractivity contribution in [1.82, 2.24) is 0 Å². The van der Waals surface area contributed by atoms with Crippen LogP contribution in [0, 0.1) is 0 Å². The normalized spacial score (nSPS) is 10.6. The first-order valence-electron chi connectivity index (χ1n) is 53.8. The van der Waals surface area contributed by atoms with E-state index >= 15 is 0 Å². The van der Waals surface area contributed by atoms with Crippen molar-refractivity contribution in [3.63, 3.8) is 0 Å². The standard InChI is InChI=1S/6C18H36O2.Ba.Cd.Zn/c6*1-2-3-4-5-6-7-8-9-10-11-12-13-14-15-16-17-18(19)20;;;/h6*2-17H2,1H3,(H,19,20);;;/q;;;;;;3*+2/p-6. The maximum Gasteiger partial charge on any atom is 2.00 e. The third kappa shape index (κ3) is 169. The third-order valence-electron chi connectivity index (χ3n) is 23.9. The summed E-state index contributed by atoms with van der Waals surface area (Å²) in [5, 5.41) is 61.3. The van der Waals surface area contributed by atoms with Crippen molar-refractivity contribution in [3.8, 4) is 0 Å². The van der Waals surface area contributed by atoms with Gasteiger partial charge in [0.1, 0.15) is 0 Å². The molecule has 0 unspecified atom stereocenters. The molecule has 0 amide bonds. The zero-order valence-corrected chi connectivity index (χ0v) is 95.3. The minimum atomic E-state index is -0.903. The summed E-state index contributed by atoms with van der Waals surface area (Å²) in [6.45, 7) is 13.6. The quantitative estimate of drug-likeness (QED) is 0.0408. The van der Waals surface area contributed by atoms with Crippen LogP contribution >= 0.6 is 0 Å². The minimum Gasteiger partial charge on any atom is -0.550 e. The molecule has 0 aliphatic rings. The summed E-state index contributed by atoms with van der Waals surface area (Å²) in [6.07, 6.45) is 119. The second kappa shape index (κ2) is 137. The maximum atomic E-state index is 10.2. The van der Waals surface area contributed by atoms with E-state index in [1.807, 2.05) is 0 Å². The van der Waals surface area contributed by atoms with Gasteiger partial charge >= 0.3 is 95.7 Å². The van der Waals surface area contributed by atoms with Gasteiger partial charge in [0.2, 0.25) is 0 Å². The Morgan fingerprint density at radius 1 is 0.122 bits per heavy atom. The summed E-state index contributed by atoms with van der Waals surface area (Å²) in [5.74, 6) is -5.42. The van der Waals surface area contributed by atoms with Crippen LogP contribution in [0.3, 0.4) is 0 Å². The van der Waals surface area contributed by atoms with E-state index in [0.29, 0.717) is 0 Å². The summed E-state index contributed by atoms with van der Waals surface area (Å²) in [4.78, 5) is 61.3. The number of carboxylic acids is 6. The van der Waals surface area contributed by atoms with Crippen LogP contribution in [0.25, 0.3) is 0 Å². The van der Waals surface area contributed by atoms with Crippen molar-refractivity contribution in [2.24, 2.45) is 0 Å². The fraction of sp³-hybridized carbons (Fsp3) is 0.944. The number of unbranched alkanes of at least 4 members (excludes halogenated alkanes) is 84. The van der Waals surface area contributed by atoms with Crippen molar-refractivity contribution in [1.29, 1.82) is 0 Å². The van der Waals surface area contributed by atoms with Gasteiger partial charge < -0.3 is 59.4 Å². The van der Waals surface area contributed by atoms with Crippen molar-refractivity contribution in [2.75, 3.05) is 0 Å². The Morgan fingerprint density at radius 2 is 0.171 bits per heavy atom. The molecule has 0 radical (unpaired) electrons. The molecule has 123 heavy (non-hydrogen) atoms. The Hall–Kier alpha value is -0.0631. The number of aliphatic carboxylic acids is 6. The molecule has 0 aromatic carbocycles. The molecule has 0 rings (SSSR count). The Morgan fingerprint density at radius 3 is 0.220 bits per heavy atom. The molecule has 0 aliphatic carbocycles. The van der Waals surface area contributed by atoms with Crippen molar-refractivity contribution < 1.29 is 106 Å². The predicted molar refractivity (Wildman–Crippen MR) is 513 cm³/mol. The molecule has 720 valence electrons. The van der Waals surface area contributed by atoms with Gasteiger partial charge in [-0.3, -0.25) is 0 Å². The molecule has 0 saturated heterocycles. The number of carbonyl (C=O) groups excluding carboxylic acids is 6. The van der Waals surface area contributed by atoms with Crippen LogP contribution in [0.15, 0.2) is 0 Å². The molecule has 12 nitrogen and oxygen atoms in total. The van der Waals surface area contributed by atoms with E-state index in [1.165, 1.54) is 501 Å². The topological polar surface area (TPSA) is 241 Å². The number of carboxylic acid groups (broad SMARTS) is 6. The van der Waals surface area contributed by atoms with Crippen molar-refractivity contribution in [2.45, 2.75) is 658 Å². The van der Waals surface area contributed by atoms with Crippen molar-refractivity contribution >= 4 is 84.7 Å². The summed E-state index contributed by atoms with van der Waals surface area (Å²) in [6, 6.07) is 0. The monoisotopic (exact) mass is 2020 g/mol.